The molecule has 7 nitrogen and oxygen atoms in total. The van der Waals surface area contributed by atoms with Crippen LogP contribution in [0.2, 0.25) is 0 Å². The van der Waals surface area contributed by atoms with Crippen LogP contribution in [0, 0.1) is 0 Å². The van der Waals surface area contributed by atoms with Crippen LogP contribution in [0.4, 0.5) is 11.4 Å². The molecule has 0 spiro atoms. The highest BCUT2D eigenvalue weighted by Crippen LogP contribution is 2.32. The standard InChI is InChI=1S/C21H25N3O4S2/c25-21(8-5-17-4-3-15-29-17)22-19-16-18(6-7-20(19)23-9-1-2-10-23)30(26,27)24-11-13-28-14-12-24/h3-8,15-16H,1-2,9-14H2,(H,22,25)/b8-5+. The molecule has 0 saturated carbocycles. The molecule has 0 atom stereocenters. The van der Waals surface area contributed by atoms with Gasteiger partial charge in [-0.2, -0.15) is 4.31 Å². The Balaban J connectivity index is 1.61. The molecule has 2 aliphatic rings. The largest absolute Gasteiger partial charge is 0.379 e. The van der Waals surface area contributed by atoms with Crippen molar-refractivity contribution in [1.82, 2.24) is 4.31 Å². The molecule has 160 valence electrons. The molecule has 9 heteroatoms. The molecular formula is C21H25N3O4S2. The van der Waals surface area contributed by atoms with Crippen molar-refractivity contribution in [3.8, 4) is 0 Å². The predicted octanol–water partition coefficient (Wildman–Crippen LogP) is 3.02. The number of hydrogen-bond donors (Lipinski definition) is 1. The first-order valence-electron chi connectivity index (χ1n) is 10.0. The zero-order valence-corrected chi connectivity index (χ0v) is 18.3. The smallest absolute Gasteiger partial charge is 0.248 e. The van der Waals surface area contributed by atoms with Crippen molar-refractivity contribution in [2.45, 2.75) is 17.7 Å². The van der Waals surface area contributed by atoms with Gasteiger partial charge in [0, 0.05) is 37.1 Å². The second-order valence-corrected chi connectivity index (χ2v) is 10.1. The Morgan fingerprint density at radius 2 is 1.87 bits per heavy atom. The SMILES string of the molecule is O=C(/C=C/c1cccs1)Nc1cc(S(=O)(=O)N2CCOCC2)ccc1N1CCCC1. The molecule has 1 aromatic carbocycles. The van der Waals surface area contributed by atoms with E-state index in [0.717, 1.165) is 36.5 Å². The van der Waals surface area contributed by atoms with Gasteiger partial charge in [-0.25, -0.2) is 8.42 Å². The van der Waals surface area contributed by atoms with E-state index in [0.29, 0.717) is 32.0 Å². The lowest BCUT2D eigenvalue weighted by Crippen LogP contribution is -2.40. The minimum absolute atomic E-state index is 0.185. The fourth-order valence-corrected chi connectivity index (χ4v) is 5.72. The van der Waals surface area contributed by atoms with Crippen LogP contribution in [0.3, 0.4) is 0 Å². The van der Waals surface area contributed by atoms with Gasteiger partial charge in [-0.3, -0.25) is 4.79 Å². The summed E-state index contributed by atoms with van der Waals surface area (Å²) in [7, 11) is -3.64. The summed E-state index contributed by atoms with van der Waals surface area (Å²) in [6, 6.07) is 8.87. The van der Waals surface area contributed by atoms with Crippen LogP contribution in [-0.2, 0) is 19.6 Å². The topological polar surface area (TPSA) is 79.0 Å². The van der Waals surface area contributed by atoms with Crippen molar-refractivity contribution >= 4 is 44.7 Å². The monoisotopic (exact) mass is 447 g/mol. The second-order valence-electron chi connectivity index (χ2n) is 7.23. The number of nitrogens with zero attached hydrogens (tertiary/aromatic N) is 2. The van der Waals surface area contributed by atoms with E-state index in [1.54, 1.807) is 35.6 Å². The van der Waals surface area contributed by atoms with Crippen molar-refractivity contribution < 1.29 is 17.9 Å². The molecule has 1 N–H and O–H groups in total. The number of thiophene rings is 1. The molecule has 1 aromatic heterocycles. The summed E-state index contributed by atoms with van der Waals surface area (Å²) in [6.45, 7) is 3.24. The van der Waals surface area contributed by atoms with Gasteiger partial charge in [-0.15, -0.1) is 11.3 Å². The molecule has 4 rings (SSSR count). The van der Waals surface area contributed by atoms with Crippen LogP contribution in [0.25, 0.3) is 6.08 Å². The number of benzene rings is 1. The summed E-state index contributed by atoms with van der Waals surface area (Å²) < 4.78 is 32.8. The molecule has 0 radical (unpaired) electrons. The lowest BCUT2D eigenvalue weighted by Gasteiger charge is -2.27. The van der Waals surface area contributed by atoms with Gasteiger partial charge < -0.3 is 15.0 Å². The van der Waals surface area contributed by atoms with Gasteiger partial charge in [-0.1, -0.05) is 6.07 Å². The molecule has 0 unspecified atom stereocenters. The van der Waals surface area contributed by atoms with Gasteiger partial charge in [0.05, 0.1) is 29.5 Å². The third-order valence-corrected chi connectivity index (χ3v) is 7.95. The third-order valence-electron chi connectivity index (χ3n) is 5.22. The van der Waals surface area contributed by atoms with Gasteiger partial charge in [0.1, 0.15) is 0 Å². The van der Waals surface area contributed by atoms with E-state index in [-0.39, 0.29) is 10.8 Å². The number of hydrogen-bond acceptors (Lipinski definition) is 6. The first kappa shape index (κ1) is 21.0. The Kier molecular flexibility index (Phi) is 6.52. The number of amides is 1. The first-order chi connectivity index (χ1) is 14.5. The number of ether oxygens (including phenoxy) is 1. The Labute approximate surface area is 181 Å². The Morgan fingerprint density at radius 1 is 1.10 bits per heavy atom. The third kappa shape index (κ3) is 4.75. The van der Waals surface area contributed by atoms with E-state index in [1.165, 1.54) is 10.4 Å². The number of anilines is 2. The van der Waals surface area contributed by atoms with E-state index >= 15 is 0 Å². The summed E-state index contributed by atoms with van der Waals surface area (Å²) in [4.78, 5) is 15.9. The molecular weight excluding hydrogens is 422 g/mol. The van der Waals surface area contributed by atoms with Crippen LogP contribution in [-0.4, -0.2) is 58.0 Å². The lowest BCUT2D eigenvalue weighted by atomic mass is 10.2. The molecule has 2 aromatic rings. The van der Waals surface area contributed by atoms with Gasteiger partial charge in [-0.05, 0) is 48.6 Å². The minimum atomic E-state index is -3.64. The highest BCUT2D eigenvalue weighted by Gasteiger charge is 2.28. The Bertz CT molecular complexity index is 1010. The zero-order valence-electron chi connectivity index (χ0n) is 16.6. The second kappa shape index (κ2) is 9.30. The average molecular weight is 448 g/mol. The van der Waals surface area contributed by atoms with Gasteiger partial charge >= 0.3 is 0 Å². The average Bonchev–Trinajstić information content (AvgIpc) is 3.47. The number of carbonyl (C=O) groups is 1. The van der Waals surface area contributed by atoms with Crippen LogP contribution in [0.1, 0.15) is 17.7 Å². The van der Waals surface area contributed by atoms with E-state index in [1.807, 2.05) is 17.5 Å². The summed E-state index contributed by atoms with van der Waals surface area (Å²) in [5, 5.41) is 4.84. The molecule has 0 aliphatic carbocycles. The van der Waals surface area contributed by atoms with Gasteiger partial charge in [0.15, 0.2) is 0 Å². The van der Waals surface area contributed by atoms with Crippen molar-refractivity contribution in [3.05, 3.63) is 46.7 Å². The number of morpholine rings is 1. The van der Waals surface area contributed by atoms with E-state index in [2.05, 4.69) is 10.2 Å². The van der Waals surface area contributed by atoms with Crippen LogP contribution in [0.5, 0.6) is 0 Å². The summed E-state index contributed by atoms with van der Waals surface area (Å²) >= 11 is 1.55. The molecule has 0 bridgehead atoms. The van der Waals surface area contributed by atoms with Crippen molar-refractivity contribution in [2.75, 3.05) is 49.6 Å². The normalized spacial score (nSPS) is 18.2. The number of rotatable bonds is 6. The van der Waals surface area contributed by atoms with Crippen LogP contribution < -0.4 is 10.2 Å². The highest BCUT2D eigenvalue weighted by molar-refractivity contribution is 7.89. The molecule has 3 heterocycles. The van der Waals surface area contributed by atoms with Crippen LogP contribution >= 0.6 is 11.3 Å². The van der Waals surface area contributed by atoms with Crippen molar-refractivity contribution in [2.24, 2.45) is 0 Å². The molecule has 1 amide bonds. The van der Waals surface area contributed by atoms with Crippen LogP contribution in [0.15, 0.2) is 46.7 Å². The summed E-state index contributed by atoms with van der Waals surface area (Å²) in [5.74, 6) is -0.287. The van der Waals surface area contributed by atoms with Crippen molar-refractivity contribution in [1.29, 1.82) is 0 Å². The maximum Gasteiger partial charge on any atom is 0.248 e. The maximum absolute atomic E-state index is 13.1. The van der Waals surface area contributed by atoms with E-state index < -0.39 is 10.0 Å². The number of carbonyl (C=O) groups excluding carboxylic acids is 1. The molecule has 2 aliphatic heterocycles. The lowest BCUT2D eigenvalue weighted by molar-refractivity contribution is -0.111. The number of nitrogens with one attached hydrogen (secondary N) is 1. The van der Waals surface area contributed by atoms with E-state index in [9.17, 15) is 13.2 Å². The molecule has 2 saturated heterocycles. The quantitative estimate of drug-likeness (QED) is 0.689. The maximum atomic E-state index is 13.1. The summed E-state index contributed by atoms with van der Waals surface area (Å²) in [5.41, 5.74) is 1.37. The van der Waals surface area contributed by atoms with Gasteiger partial charge in [0.2, 0.25) is 15.9 Å². The fourth-order valence-electron chi connectivity index (χ4n) is 3.66. The fraction of sp³-hybridized carbons (Fsp3) is 0.381. The highest BCUT2D eigenvalue weighted by atomic mass is 32.2. The van der Waals surface area contributed by atoms with Gasteiger partial charge in [0.25, 0.3) is 0 Å². The Hall–Kier alpha value is -2.20. The minimum Gasteiger partial charge on any atom is -0.379 e. The zero-order chi connectivity index (χ0) is 21.0. The summed E-state index contributed by atoms with van der Waals surface area (Å²) in [6.07, 6.45) is 5.39. The Morgan fingerprint density at radius 3 is 2.57 bits per heavy atom. The van der Waals surface area contributed by atoms with E-state index in [4.69, 9.17) is 4.74 Å². The molecule has 30 heavy (non-hydrogen) atoms. The first-order valence-corrected chi connectivity index (χ1v) is 12.4. The molecule has 2 fully saturated rings. The van der Waals surface area contributed by atoms with Crippen molar-refractivity contribution in [3.63, 3.8) is 0 Å². The predicted molar refractivity (Wildman–Crippen MR) is 119 cm³/mol. The number of sulfonamides is 1.